The van der Waals surface area contributed by atoms with Crippen molar-refractivity contribution in [3.8, 4) is 0 Å². The number of nitrogens with zero attached hydrogens (tertiary/aromatic N) is 2. The van der Waals surface area contributed by atoms with E-state index in [1.54, 1.807) is 6.21 Å². The topological polar surface area (TPSA) is 65.5 Å². The zero-order valence-corrected chi connectivity index (χ0v) is 6.95. The number of ether oxygens (including phenoxy) is 1. The van der Waals surface area contributed by atoms with Crippen molar-refractivity contribution >= 4 is 6.21 Å². The van der Waals surface area contributed by atoms with Gasteiger partial charge in [0.2, 0.25) is 6.54 Å². The van der Waals surface area contributed by atoms with Crippen LogP contribution in [0.1, 0.15) is 6.92 Å². The first-order valence-electron chi connectivity index (χ1n) is 4.00. The molecule has 0 aromatic heterocycles. The maximum atomic E-state index is 5.65. The second-order valence-electron chi connectivity index (χ2n) is 2.72. The summed E-state index contributed by atoms with van der Waals surface area (Å²) in [5, 5.41) is 9.03. The summed E-state index contributed by atoms with van der Waals surface area (Å²) in [6, 6.07) is 0. The first-order valence-corrected chi connectivity index (χ1v) is 4.00. The van der Waals surface area contributed by atoms with E-state index in [1.165, 1.54) is 0 Å². The number of rotatable bonds is 2. The summed E-state index contributed by atoms with van der Waals surface area (Å²) in [7, 11) is 0. The number of nitrogens with two attached hydrogens (primary N) is 1. The Morgan fingerprint density at radius 2 is 2.75 bits per heavy atom. The third-order valence-corrected chi connectivity index (χ3v) is 1.87. The zero-order chi connectivity index (χ0) is 8.55. The monoisotopic (exact) mass is 168 g/mol. The largest absolute Gasteiger partial charge is 0.391 e. The quantitative estimate of drug-likeness (QED) is 0.531. The highest BCUT2D eigenvalue weighted by molar-refractivity contribution is 5.80. The molecule has 5 heteroatoms. The Bertz CT molecular complexity index is 248. The van der Waals surface area contributed by atoms with Gasteiger partial charge in [-0.15, -0.1) is 0 Å². The Kier molecular flexibility index (Phi) is 1.74. The molecule has 0 aromatic rings. The van der Waals surface area contributed by atoms with Gasteiger partial charge >= 0.3 is 5.82 Å². The Morgan fingerprint density at radius 3 is 3.42 bits per heavy atom. The van der Waals surface area contributed by atoms with Gasteiger partial charge in [-0.1, -0.05) is 0 Å². The molecule has 0 aliphatic carbocycles. The van der Waals surface area contributed by atoms with Crippen molar-refractivity contribution in [1.29, 1.82) is 0 Å². The van der Waals surface area contributed by atoms with Gasteiger partial charge in [-0.25, -0.2) is 0 Å². The summed E-state index contributed by atoms with van der Waals surface area (Å²) in [5.41, 5.74) is 6.33. The molecular weight excluding hydrogens is 156 g/mol. The van der Waals surface area contributed by atoms with E-state index in [2.05, 4.69) is 10.4 Å². The van der Waals surface area contributed by atoms with Gasteiger partial charge in [0, 0.05) is 11.6 Å². The third-order valence-electron chi connectivity index (χ3n) is 1.87. The molecular formula is C7H12N4O+. The van der Waals surface area contributed by atoms with Crippen molar-refractivity contribution < 1.29 is 4.74 Å². The summed E-state index contributed by atoms with van der Waals surface area (Å²) in [6.45, 7) is 3.40. The number of hydrogen-bond acceptors (Lipinski definition) is 5. The molecule has 2 heterocycles. The van der Waals surface area contributed by atoms with Crippen LogP contribution < -0.4 is 16.1 Å². The molecule has 1 fully saturated rings. The number of nitrogens with one attached hydrogen (secondary N) is 1. The highest BCUT2D eigenvalue weighted by Gasteiger charge is 2.42. The van der Waals surface area contributed by atoms with Gasteiger partial charge in [0.05, 0.1) is 0 Å². The van der Waals surface area contributed by atoms with Gasteiger partial charge in [0.25, 0.3) is 0 Å². The third kappa shape index (κ3) is 1.07. The van der Waals surface area contributed by atoms with Crippen molar-refractivity contribution in [2.45, 2.75) is 13.2 Å². The van der Waals surface area contributed by atoms with Gasteiger partial charge in [0.15, 0.2) is 6.23 Å². The molecule has 1 saturated heterocycles. The first-order chi connectivity index (χ1) is 5.81. The minimum Gasteiger partial charge on any atom is -0.391 e. The highest BCUT2D eigenvalue weighted by Crippen LogP contribution is 2.15. The Labute approximate surface area is 70.9 Å². The molecule has 1 atom stereocenters. The maximum Gasteiger partial charge on any atom is 0.308 e. The second-order valence-corrected chi connectivity index (χ2v) is 2.72. The number of fused-ring (bicyclic) bond motifs is 1. The summed E-state index contributed by atoms with van der Waals surface area (Å²) in [4.78, 5) is 0. The molecule has 0 spiro atoms. The van der Waals surface area contributed by atoms with E-state index < -0.39 is 0 Å². The average molecular weight is 168 g/mol. The van der Waals surface area contributed by atoms with Crippen LogP contribution in [-0.2, 0) is 4.74 Å². The summed E-state index contributed by atoms with van der Waals surface area (Å²) in [5.74, 6) is 0.869. The van der Waals surface area contributed by atoms with Gasteiger partial charge in [-0.05, 0) is 12.0 Å². The molecule has 3 N–H and O–H groups in total. The van der Waals surface area contributed by atoms with E-state index in [1.807, 2.05) is 11.9 Å². The standard InChI is InChI=1S/C7H12N4O/c1-2-12-6-4-11-7(10-6)5(8)3-9-11/h3,6,10H,2,4,8H2,1H3/q+1. The van der Waals surface area contributed by atoms with E-state index >= 15 is 0 Å². The molecule has 1 unspecified atom stereocenters. The molecule has 5 nitrogen and oxygen atoms in total. The number of hydrazone groups is 1. The molecule has 65 valence electrons. The molecule has 2 rings (SSSR count). The maximum absolute atomic E-state index is 5.65. The van der Waals surface area contributed by atoms with Crippen LogP contribution >= 0.6 is 0 Å². The van der Waals surface area contributed by atoms with Crippen LogP contribution in [0.2, 0.25) is 0 Å². The van der Waals surface area contributed by atoms with Crippen molar-refractivity contribution in [3.63, 3.8) is 0 Å². The van der Waals surface area contributed by atoms with Crippen molar-refractivity contribution in [2.75, 3.05) is 13.2 Å². The zero-order valence-electron chi connectivity index (χ0n) is 6.95. The molecule has 1 radical (unpaired) electrons. The summed E-state index contributed by atoms with van der Waals surface area (Å²) < 4.78 is 5.37. The van der Waals surface area contributed by atoms with E-state index in [9.17, 15) is 0 Å². The van der Waals surface area contributed by atoms with E-state index in [-0.39, 0.29) is 6.23 Å². The lowest BCUT2D eigenvalue weighted by molar-refractivity contribution is 0.0603. The van der Waals surface area contributed by atoms with Crippen molar-refractivity contribution in [3.05, 3.63) is 11.5 Å². The van der Waals surface area contributed by atoms with E-state index in [4.69, 9.17) is 10.5 Å². The van der Waals surface area contributed by atoms with E-state index in [0.717, 1.165) is 12.4 Å². The van der Waals surface area contributed by atoms with Crippen LogP contribution in [-0.4, -0.2) is 25.6 Å². The Morgan fingerprint density at radius 1 is 1.92 bits per heavy atom. The fourth-order valence-corrected chi connectivity index (χ4v) is 1.35. The Balaban J connectivity index is 2.04. The number of allylic oxidation sites excluding steroid dienone is 1. The lowest BCUT2D eigenvalue weighted by Crippen LogP contribution is -2.27. The lowest BCUT2D eigenvalue weighted by Gasteiger charge is -2.04. The molecule has 0 bridgehead atoms. The van der Waals surface area contributed by atoms with Crippen molar-refractivity contribution in [2.24, 2.45) is 10.8 Å². The van der Waals surface area contributed by atoms with E-state index in [0.29, 0.717) is 12.3 Å². The minimum atomic E-state index is 0.0287. The summed E-state index contributed by atoms with van der Waals surface area (Å²) in [6.07, 6.45) is 1.67. The van der Waals surface area contributed by atoms with Gasteiger partial charge < -0.3 is 15.8 Å². The molecule has 12 heavy (non-hydrogen) atoms. The van der Waals surface area contributed by atoms with Crippen LogP contribution in [0, 0.1) is 0 Å². The smallest absolute Gasteiger partial charge is 0.308 e. The van der Waals surface area contributed by atoms with Crippen LogP contribution in [0.5, 0.6) is 0 Å². The van der Waals surface area contributed by atoms with Crippen LogP contribution in [0.4, 0.5) is 0 Å². The fourth-order valence-electron chi connectivity index (χ4n) is 1.35. The van der Waals surface area contributed by atoms with Crippen LogP contribution in [0.25, 0.3) is 0 Å². The molecule has 0 aromatic carbocycles. The minimum absolute atomic E-state index is 0.0287. The molecule has 2 aliphatic heterocycles. The van der Waals surface area contributed by atoms with Crippen LogP contribution in [0.15, 0.2) is 16.6 Å². The molecule has 0 saturated carbocycles. The normalized spacial score (nSPS) is 27.9. The predicted molar refractivity (Wildman–Crippen MR) is 45.3 cm³/mol. The predicted octanol–water partition coefficient (Wildman–Crippen LogP) is -0.780. The lowest BCUT2D eigenvalue weighted by atomic mass is 10.5. The first kappa shape index (κ1) is 7.57. The molecule has 0 amide bonds. The second kappa shape index (κ2) is 2.76. The average Bonchev–Trinajstić information content (AvgIpc) is 2.55. The highest BCUT2D eigenvalue weighted by atomic mass is 16.5. The van der Waals surface area contributed by atoms with Gasteiger partial charge in [-0.3, -0.25) is 0 Å². The van der Waals surface area contributed by atoms with Crippen molar-refractivity contribution in [1.82, 2.24) is 10.3 Å². The SMILES string of the molecule is CCOC1C[N+]2N=CC(N)=C2N1. The number of hydrogen-bond donors (Lipinski definition) is 2. The van der Waals surface area contributed by atoms with Crippen LogP contribution in [0.3, 0.4) is 0 Å². The molecule has 2 aliphatic rings. The van der Waals surface area contributed by atoms with Gasteiger partial charge in [-0.2, -0.15) is 0 Å². The Hall–Kier alpha value is -1.07. The fraction of sp³-hybridized carbons (Fsp3) is 0.571. The summed E-state index contributed by atoms with van der Waals surface area (Å²) >= 11 is 0. The van der Waals surface area contributed by atoms with Gasteiger partial charge in [0.1, 0.15) is 11.9 Å².